The number of aromatic amines is 1. The second-order valence-electron chi connectivity index (χ2n) is 4.69. The molecule has 2 rings (SSSR count). The first kappa shape index (κ1) is 9.12. The Hall–Kier alpha value is -1.45. The van der Waals surface area contributed by atoms with Crippen molar-refractivity contribution in [2.24, 2.45) is 5.41 Å². The van der Waals surface area contributed by atoms with Crippen LogP contribution >= 0.6 is 0 Å². The first-order valence-corrected chi connectivity index (χ1v) is 4.69. The number of hydrogen-bond donors (Lipinski definition) is 1. The summed E-state index contributed by atoms with van der Waals surface area (Å²) in [4.78, 5) is 8.40. The first-order valence-electron chi connectivity index (χ1n) is 4.69. The number of nitrogens with zero attached hydrogens (tertiary/aromatic N) is 3. The first-order chi connectivity index (χ1) is 6.56. The second-order valence-corrected chi connectivity index (χ2v) is 4.69. The summed E-state index contributed by atoms with van der Waals surface area (Å²) in [6, 6.07) is 0. The molecule has 0 atom stereocenters. The predicted octanol–water partition coefficient (Wildman–Crippen LogP) is 1.94. The van der Waals surface area contributed by atoms with Crippen LogP contribution in [0.15, 0.2) is 12.5 Å². The molecule has 0 saturated heterocycles. The fourth-order valence-corrected chi connectivity index (χ4v) is 1.46. The Labute approximate surface area is 82.8 Å². The van der Waals surface area contributed by atoms with Gasteiger partial charge in [0.2, 0.25) is 0 Å². The highest BCUT2D eigenvalue weighted by Gasteiger charge is 2.15. The molecule has 2 aromatic rings. The van der Waals surface area contributed by atoms with Crippen LogP contribution in [0.1, 0.15) is 26.5 Å². The summed E-state index contributed by atoms with van der Waals surface area (Å²) >= 11 is 0. The van der Waals surface area contributed by atoms with Crippen LogP contribution in [0.2, 0.25) is 0 Å². The molecule has 0 amide bonds. The molecule has 0 spiro atoms. The molecule has 0 aliphatic carbocycles. The number of aromatic nitrogens is 4. The standard InChI is InChI=1S/C10H14N4/c1-10(2,3)4-8-7-5-13-14-9(7)12-6-11-8/h5-6H,4H2,1-3H3,(H,11,12,13,14). The molecular weight excluding hydrogens is 176 g/mol. The highest BCUT2D eigenvalue weighted by molar-refractivity contribution is 5.76. The van der Waals surface area contributed by atoms with Crippen LogP contribution in [0.3, 0.4) is 0 Å². The van der Waals surface area contributed by atoms with E-state index in [1.807, 2.05) is 0 Å². The molecule has 14 heavy (non-hydrogen) atoms. The number of fused-ring (bicyclic) bond motifs is 1. The van der Waals surface area contributed by atoms with E-state index in [0.717, 1.165) is 23.1 Å². The molecule has 4 nitrogen and oxygen atoms in total. The van der Waals surface area contributed by atoms with Gasteiger partial charge in [-0.15, -0.1) is 0 Å². The Morgan fingerprint density at radius 1 is 1.29 bits per heavy atom. The molecule has 4 heteroatoms. The Balaban J connectivity index is 2.46. The lowest BCUT2D eigenvalue weighted by molar-refractivity contribution is 0.408. The Morgan fingerprint density at radius 3 is 2.79 bits per heavy atom. The van der Waals surface area contributed by atoms with Gasteiger partial charge in [-0.05, 0) is 11.8 Å². The Bertz CT molecular complexity index is 439. The number of nitrogens with one attached hydrogen (secondary N) is 1. The molecule has 0 bridgehead atoms. The van der Waals surface area contributed by atoms with Gasteiger partial charge in [0.05, 0.1) is 17.3 Å². The third-order valence-electron chi connectivity index (χ3n) is 2.03. The zero-order chi connectivity index (χ0) is 10.2. The van der Waals surface area contributed by atoms with Crippen LogP contribution in [0, 0.1) is 5.41 Å². The van der Waals surface area contributed by atoms with Crippen molar-refractivity contribution in [2.45, 2.75) is 27.2 Å². The molecule has 74 valence electrons. The largest absolute Gasteiger partial charge is 0.261 e. The Kier molecular flexibility index (Phi) is 1.98. The van der Waals surface area contributed by atoms with E-state index in [1.165, 1.54) is 0 Å². The number of H-pyrrole nitrogens is 1. The van der Waals surface area contributed by atoms with E-state index in [1.54, 1.807) is 12.5 Å². The van der Waals surface area contributed by atoms with Crippen molar-refractivity contribution < 1.29 is 0 Å². The quantitative estimate of drug-likeness (QED) is 0.747. The van der Waals surface area contributed by atoms with Crippen molar-refractivity contribution in [3.63, 3.8) is 0 Å². The molecule has 1 N–H and O–H groups in total. The summed E-state index contributed by atoms with van der Waals surface area (Å²) in [5.74, 6) is 0. The minimum Gasteiger partial charge on any atom is -0.261 e. The van der Waals surface area contributed by atoms with Gasteiger partial charge in [-0.25, -0.2) is 9.97 Å². The van der Waals surface area contributed by atoms with Crippen molar-refractivity contribution >= 4 is 11.0 Å². The van der Waals surface area contributed by atoms with Gasteiger partial charge < -0.3 is 0 Å². The van der Waals surface area contributed by atoms with Crippen LogP contribution < -0.4 is 0 Å². The van der Waals surface area contributed by atoms with Gasteiger partial charge in [0, 0.05) is 0 Å². The van der Waals surface area contributed by atoms with Gasteiger partial charge >= 0.3 is 0 Å². The molecule has 0 aliphatic heterocycles. The van der Waals surface area contributed by atoms with Crippen LogP contribution in [0.25, 0.3) is 11.0 Å². The Morgan fingerprint density at radius 2 is 2.07 bits per heavy atom. The minimum absolute atomic E-state index is 0.235. The lowest BCUT2D eigenvalue weighted by Gasteiger charge is -2.17. The van der Waals surface area contributed by atoms with E-state index < -0.39 is 0 Å². The second kappa shape index (κ2) is 3.04. The van der Waals surface area contributed by atoms with Gasteiger partial charge in [0.25, 0.3) is 0 Å². The predicted molar refractivity (Wildman–Crippen MR) is 54.8 cm³/mol. The molecule has 0 aromatic carbocycles. The maximum atomic E-state index is 4.29. The maximum Gasteiger partial charge on any atom is 0.158 e. The van der Waals surface area contributed by atoms with Gasteiger partial charge in [-0.1, -0.05) is 20.8 Å². The molecule has 0 radical (unpaired) electrons. The number of rotatable bonds is 1. The number of hydrogen-bond acceptors (Lipinski definition) is 3. The SMILES string of the molecule is CC(C)(C)Cc1ncnc2[nH]ncc12. The molecule has 2 heterocycles. The molecule has 0 fully saturated rings. The fraction of sp³-hybridized carbons (Fsp3) is 0.500. The smallest absolute Gasteiger partial charge is 0.158 e. The lowest BCUT2D eigenvalue weighted by Crippen LogP contribution is -2.10. The van der Waals surface area contributed by atoms with E-state index in [2.05, 4.69) is 40.9 Å². The monoisotopic (exact) mass is 190 g/mol. The molecule has 0 aliphatic rings. The fourth-order valence-electron chi connectivity index (χ4n) is 1.46. The summed E-state index contributed by atoms with van der Waals surface area (Å²) in [6.45, 7) is 6.59. The zero-order valence-electron chi connectivity index (χ0n) is 8.70. The van der Waals surface area contributed by atoms with Gasteiger partial charge in [-0.3, -0.25) is 5.10 Å². The minimum atomic E-state index is 0.235. The van der Waals surface area contributed by atoms with Crippen molar-refractivity contribution in [2.75, 3.05) is 0 Å². The highest BCUT2D eigenvalue weighted by atomic mass is 15.1. The third kappa shape index (κ3) is 1.73. The van der Waals surface area contributed by atoms with Crippen LogP contribution in [-0.4, -0.2) is 20.2 Å². The van der Waals surface area contributed by atoms with Gasteiger partial charge in [-0.2, -0.15) is 5.10 Å². The lowest BCUT2D eigenvalue weighted by atomic mass is 9.90. The summed E-state index contributed by atoms with van der Waals surface area (Å²) in [5, 5.41) is 7.84. The van der Waals surface area contributed by atoms with E-state index in [4.69, 9.17) is 0 Å². The molecular formula is C10H14N4. The summed E-state index contributed by atoms with van der Waals surface area (Å²) < 4.78 is 0. The topological polar surface area (TPSA) is 54.5 Å². The van der Waals surface area contributed by atoms with Crippen molar-refractivity contribution in [1.82, 2.24) is 20.2 Å². The van der Waals surface area contributed by atoms with E-state index in [0.29, 0.717) is 0 Å². The maximum absolute atomic E-state index is 4.29. The molecule has 2 aromatic heterocycles. The molecule has 0 saturated carbocycles. The van der Waals surface area contributed by atoms with Crippen LogP contribution in [0.5, 0.6) is 0 Å². The summed E-state index contributed by atoms with van der Waals surface area (Å²) in [6.07, 6.45) is 4.31. The van der Waals surface area contributed by atoms with E-state index in [9.17, 15) is 0 Å². The normalized spacial score (nSPS) is 12.2. The average Bonchev–Trinajstić information content (AvgIpc) is 2.49. The van der Waals surface area contributed by atoms with E-state index >= 15 is 0 Å². The van der Waals surface area contributed by atoms with Crippen molar-refractivity contribution in [3.05, 3.63) is 18.2 Å². The van der Waals surface area contributed by atoms with Crippen molar-refractivity contribution in [1.29, 1.82) is 0 Å². The van der Waals surface area contributed by atoms with E-state index in [-0.39, 0.29) is 5.41 Å². The van der Waals surface area contributed by atoms with Gasteiger partial charge in [0.15, 0.2) is 5.65 Å². The summed E-state index contributed by atoms with van der Waals surface area (Å²) in [5.41, 5.74) is 2.12. The molecule has 0 unspecified atom stereocenters. The zero-order valence-corrected chi connectivity index (χ0v) is 8.70. The van der Waals surface area contributed by atoms with Crippen LogP contribution in [0.4, 0.5) is 0 Å². The summed E-state index contributed by atoms with van der Waals surface area (Å²) in [7, 11) is 0. The van der Waals surface area contributed by atoms with Gasteiger partial charge in [0.1, 0.15) is 6.33 Å². The van der Waals surface area contributed by atoms with Crippen LogP contribution in [-0.2, 0) is 6.42 Å². The average molecular weight is 190 g/mol. The van der Waals surface area contributed by atoms with Crippen molar-refractivity contribution in [3.8, 4) is 0 Å². The highest BCUT2D eigenvalue weighted by Crippen LogP contribution is 2.22. The third-order valence-corrected chi connectivity index (χ3v) is 2.03.